The van der Waals surface area contributed by atoms with Gasteiger partial charge in [0.25, 0.3) is 0 Å². The van der Waals surface area contributed by atoms with Gasteiger partial charge in [-0.2, -0.15) is 17.5 Å². The highest BCUT2D eigenvalue weighted by molar-refractivity contribution is 7.89. The van der Waals surface area contributed by atoms with Crippen molar-refractivity contribution in [1.29, 1.82) is 0 Å². The maximum atomic E-state index is 12.9. The SMILES string of the molecule is O=C(Nc1cccc(C(F)(F)F)c1)C1CCCN1S(=O)(=O)c1ccccc1Cl. The van der Waals surface area contributed by atoms with Gasteiger partial charge in [0.15, 0.2) is 0 Å². The lowest BCUT2D eigenvalue weighted by Gasteiger charge is -2.24. The number of nitrogens with one attached hydrogen (secondary N) is 1. The second-order valence-corrected chi connectivity index (χ2v) is 8.54. The van der Waals surface area contributed by atoms with Gasteiger partial charge in [0.1, 0.15) is 10.9 Å². The lowest BCUT2D eigenvalue weighted by molar-refractivity contribution is -0.137. The zero-order chi connectivity index (χ0) is 20.5. The zero-order valence-electron chi connectivity index (χ0n) is 14.4. The number of halogens is 4. The van der Waals surface area contributed by atoms with Crippen LogP contribution in [0.2, 0.25) is 5.02 Å². The summed E-state index contributed by atoms with van der Waals surface area (Å²) in [5, 5.41) is 2.42. The fourth-order valence-corrected chi connectivity index (χ4v) is 5.22. The molecule has 1 heterocycles. The van der Waals surface area contributed by atoms with Crippen molar-refractivity contribution >= 4 is 33.2 Å². The molecule has 1 aliphatic heterocycles. The van der Waals surface area contributed by atoms with Crippen LogP contribution in [-0.2, 0) is 21.0 Å². The topological polar surface area (TPSA) is 66.5 Å². The van der Waals surface area contributed by atoms with Crippen LogP contribution in [0.4, 0.5) is 18.9 Å². The monoisotopic (exact) mass is 432 g/mol. The first-order valence-electron chi connectivity index (χ1n) is 8.35. The van der Waals surface area contributed by atoms with Crippen LogP contribution in [0.15, 0.2) is 53.4 Å². The molecule has 0 radical (unpaired) electrons. The van der Waals surface area contributed by atoms with Gasteiger partial charge in [-0.25, -0.2) is 8.42 Å². The molecule has 1 saturated heterocycles. The van der Waals surface area contributed by atoms with E-state index in [9.17, 15) is 26.4 Å². The number of sulfonamides is 1. The summed E-state index contributed by atoms with van der Waals surface area (Å²) in [5.74, 6) is -0.688. The van der Waals surface area contributed by atoms with E-state index >= 15 is 0 Å². The number of carbonyl (C=O) groups excluding carboxylic acids is 1. The number of rotatable bonds is 4. The van der Waals surface area contributed by atoms with Crippen LogP contribution in [0.25, 0.3) is 0 Å². The first kappa shape index (κ1) is 20.6. The first-order chi connectivity index (χ1) is 13.1. The van der Waals surface area contributed by atoms with E-state index in [2.05, 4.69) is 5.32 Å². The standard InChI is InChI=1S/C18H16ClF3N2O3S/c19-14-7-1-2-9-16(14)28(26,27)24-10-4-8-15(24)17(25)23-13-6-3-5-12(11-13)18(20,21)22/h1-3,5-7,9,11,15H,4,8,10H2,(H,23,25). The molecule has 0 bridgehead atoms. The van der Waals surface area contributed by atoms with Gasteiger partial charge in [0.2, 0.25) is 15.9 Å². The largest absolute Gasteiger partial charge is 0.416 e. The van der Waals surface area contributed by atoms with E-state index in [0.717, 1.165) is 16.4 Å². The van der Waals surface area contributed by atoms with E-state index in [1.807, 2.05) is 0 Å². The summed E-state index contributed by atoms with van der Waals surface area (Å²) in [4.78, 5) is 12.5. The number of hydrogen-bond acceptors (Lipinski definition) is 3. The molecule has 1 atom stereocenters. The smallest absolute Gasteiger partial charge is 0.325 e. The van der Waals surface area contributed by atoms with Gasteiger partial charge in [-0.3, -0.25) is 4.79 Å². The van der Waals surface area contributed by atoms with Crippen molar-refractivity contribution in [2.24, 2.45) is 0 Å². The lowest BCUT2D eigenvalue weighted by Crippen LogP contribution is -2.43. The summed E-state index contributed by atoms with van der Waals surface area (Å²) < 4.78 is 65.4. The van der Waals surface area contributed by atoms with Crippen molar-refractivity contribution in [3.63, 3.8) is 0 Å². The molecule has 3 rings (SSSR count). The summed E-state index contributed by atoms with van der Waals surface area (Å²) >= 11 is 5.99. The third-order valence-electron chi connectivity index (χ3n) is 4.39. The van der Waals surface area contributed by atoms with Gasteiger partial charge in [0.05, 0.1) is 10.6 Å². The second-order valence-electron chi connectivity index (χ2n) is 6.27. The number of nitrogens with zero attached hydrogens (tertiary/aromatic N) is 1. The summed E-state index contributed by atoms with van der Waals surface area (Å²) in [6.07, 6.45) is -3.84. The van der Waals surface area contributed by atoms with Crippen molar-refractivity contribution in [3.05, 3.63) is 59.1 Å². The maximum Gasteiger partial charge on any atom is 0.416 e. The van der Waals surface area contributed by atoms with Crippen LogP contribution in [0.3, 0.4) is 0 Å². The molecule has 2 aromatic carbocycles. The molecule has 10 heteroatoms. The minimum Gasteiger partial charge on any atom is -0.325 e. The van der Waals surface area contributed by atoms with E-state index < -0.39 is 33.7 Å². The average Bonchev–Trinajstić information content (AvgIpc) is 3.12. The van der Waals surface area contributed by atoms with Crippen molar-refractivity contribution < 1.29 is 26.4 Å². The lowest BCUT2D eigenvalue weighted by atomic mass is 10.1. The Bertz CT molecular complexity index is 996. The van der Waals surface area contributed by atoms with Crippen molar-refractivity contribution in [2.75, 3.05) is 11.9 Å². The van der Waals surface area contributed by atoms with Gasteiger partial charge in [0, 0.05) is 12.2 Å². The van der Waals surface area contributed by atoms with Crippen LogP contribution in [0, 0.1) is 0 Å². The fourth-order valence-electron chi connectivity index (χ4n) is 3.07. The van der Waals surface area contributed by atoms with E-state index in [-0.39, 0.29) is 28.6 Å². The van der Waals surface area contributed by atoms with E-state index in [1.54, 1.807) is 6.07 Å². The van der Waals surface area contributed by atoms with Crippen molar-refractivity contribution in [2.45, 2.75) is 30.0 Å². The Morgan fingerprint density at radius 1 is 1.14 bits per heavy atom. The number of carbonyl (C=O) groups is 1. The Balaban J connectivity index is 1.83. The van der Waals surface area contributed by atoms with Gasteiger partial charge < -0.3 is 5.32 Å². The number of alkyl halides is 3. The molecule has 1 unspecified atom stereocenters. The maximum absolute atomic E-state index is 12.9. The summed E-state index contributed by atoms with van der Waals surface area (Å²) in [7, 11) is -4.03. The van der Waals surface area contributed by atoms with Gasteiger partial charge in [-0.15, -0.1) is 0 Å². The minimum absolute atomic E-state index is 0.0337. The number of anilines is 1. The molecule has 1 aliphatic rings. The highest BCUT2D eigenvalue weighted by Crippen LogP contribution is 2.32. The zero-order valence-corrected chi connectivity index (χ0v) is 16.0. The molecule has 0 aromatic heterocycles. The molecular weight excluding hydrogens is 417 g/mol. The fraction of sp³-hybridized carbons (Fsp3) is 0.278. The summed E-state index contributed by atoms with van der Waals surface area (Å²) in [6, 6.07) is 9.03. The molecule has 1 N–H and O–H groups in total. The van der Waals surface area contributed by atoms with Crippen molar-refractivity contribution in [1.82, 2.24) is 4.31 Å². The van der Waals surface area contributed by atoms with Crippen molar-refractivity contribution in [3.8, 4) is 0 Å². The molecule has 0 spiro atoms. The Labute approximate surface area is 165 Å². The summed E-state index contributed by atoms with van der Waals surface area (Å²) in [5.41, 5.74) is -0.959. The van der Waals surface area contributed by atoms with Crippen LogP contribution >= 0.6 is 11.6 Å². The van der Waals surface area contributed by atoms with Gasteiger partial charge in [-0.1, -0.05) is 29.8 Å². The minimum atomic E-state index is -4.55. The third kappa shape index (κ3) is 4.16. The van der Waals surface area contributed by atoms with E-state index in [4.69, 9.17) is 11.6 Å². The normalized spacial score (nSPS) is 18.2. The number of amides is 1. The van der Waals surface area contributed by atoms with E-state index in [0.29, 0.717) is 6.42 Å². The molecule has 5 nitrogen and oxygen atoms in total. The Morgan fingerprint density at radius 2 is 1.86 bits per heavy atom. The Morgan fingerprint density at radius 3 is 2.54 bits per heavy atom. The molecule has 0 saturated carbocycles. The Hall–Kier alpha value is -2.10. The summed E-state index contributed by atoms with van der Waals surface area (Å²) in [6.45, 7) is 0.119. The second kappa shape index (κ2) is 7.73. The molecule has 2 aromatic rings. The molecule has 150 valence electrons. The van der Waals surface area contributed by atoms with Crippen LogP contribution < -0.4 is 5.32 Å². The van der Waals surface area contributed by atoms with E-state index in [1.165, 1.54) is 30.3 Å². The molecule has 28 heavy (non-hydrogen) atoms. The highest BCUT2D eigenvalue weighted by Gasteiger charge is 2.40. The highest BCUT2D eigenvalue weighted by atomic mass is 35.5. The predicted octanol–water partition coefficient (Wildman–Crippen LogP) is 4.15. The van der Waals surface area contributed by atoms with Crippen LogP contribution in [-0.4, -0.2) is 31.2 Å². The quantitative estimate of drug-likeness (QED) is 0.789. The average molecular weight is 433 g/mol. The number of hydrogen-bond donors (Lipinski definition) is 1. The van der Waals surface area contributed by atoms with Crippen LogP contribution in [0.5, 0.6) is 0 Å². The molecule has 1 amide bonds. The molecular formula is C18H16ClF3N2O3S. The first-order valence-corrected chi connectivity index (χ1v) is 10.2. The van der Waals surface area contributed by atoms with Gasteiger partial charge in [-0.05, 0) is 43.2 Å². The molecule has 0 aliphatic carbocycles. The predicted molar refractivity (Wildman–Crippen MR) is 98.4 cm³/mol. The molecule has 1 fully saturated rings. The van der Waals surface area contributed by atoms with Gasteiger partial charge >= 0.3 is 6.18 Å². The Kier molecular flexibility index (Phi) is 5.69. The third-order valence-corrected chi connectivity index (χ3v) is 6.80. The van der Waals surface area contributed by atoms with Crippen LogP contribution in [0.1, 0.15) is 18.4 Å². The number of benzene rings is 2.